The van der Waals surface area contributed by atoms with Crippen molar-refractivity contribution in [2.45, 2.75) is 44.6 Å². The number of hydrogen-bond acceptors (Lipinski definition) is 3. The smallest absolute Gasteiger partial charge is 0.191 e. The summed E-state index contributed by atoms with van der Waals surface area (Å²) in [5.41, 5.74) is 1.87. The second kappa shape index (κ2) is 12.0. The Labute approximate surface area is 187 Å². The van der Waals surface area contributed by atoms with Crippen LogP contribution in [0, 0.1) is 5.41 Å². The van der Waals surface area contributed by atoms with Gasteiger partial charge in [-0.05, 0) is 49.5 Å². The molecule has 0 aromatic heterocycles. The summed E-state index contributed by atoms with van der Waals surface area (Å²) in [6.45, 7) is 5.35. The van der Waals surface area contributed by atoms with E-state index in [9.17, 15) is 0 Å². The number of rotatable bonds is 9. The highest BCUT2D eigenvalue weighted by Gasteiger charge is 2.42. The maximum absolute atomic E-state index is 5.16. The quantitative estimate of drug-likeness (QED) is 0.237. The van der Waals surface area contributed by atoms with Crippen LogP contribution >= 0.6 is 24.0 Å². The summed E-state index contributed by atoms with van der Waals surface area (Å²) in [5.74, 6) is 0.965. The Balaban J connectivity index is 0.00000280. The number of guanidine groups is 1. The zero-order valence-electron chi connectivity index (χ0n) is 17.5. The average Bonchev–Trinajstić information content (AvgIpc) is 3.47. The van der Waals surface area contributed by atoms with Crippen molar-refractivity contribution in [1.29, 1.82) is 0 Å². The van der Waals surface area contributed by atoms with Crippen LogP contribution in [-0.2, 0) is 11.2 Å². The molecule has 6 heteroatoms. The predicted octanol–water partition coefficient (Wildman–Crippen LogP) is 3.29. The standard InChI is InChI=1S/C22H36N4O.HI/c1-23-21(25-20-9-14-26(15-10-20)13-6-16-27-2)24-18-22(11-12-22)17-19-7-4-3-5-8-19;/h3-5,7-8,20H,6,9-18H2,1-2H3,(H2,23,24,25);1H. The van der Waals surface area contributed by atoms with Gasteiger partial charge in [0, 0.05) is 53.0 Å². The van der Waals surface area contributed by atoms with Crippen LogP contribution in [0.1, 0.15) is 37.7 Å². The van der Waals surface area contributed by atoms with Crippen LogP contribution in [0.3, 0.4) is 0 Å². The number of aliphatic imine (C=N–C) groups is 1. The van der Waals surface area contributed by atoms with Gasteiger partial charge in [0.15, 0.2) is 5.96 Å². The summed E-state index contributed by atoms with van der Waals surface area (Å²) in [6.07, 6.45) is 7.28. The molecule has 1 aliphatic heterocycles. The largest absolute Gasteiger partial charge is 0.385 e. The molecule has 1 heterocycles. The Morgan fingerprint density at radius 1 is 1.21 bits per heavy atom. The Morgan fingerprint density at radius 2 is 1.93 bits per heavy atom. The van der Waals surface area contributed by atoms with Crippen molar-refractivity contribution in [3.8, 4) is 0 Å². The van der Waals surface area contributed by atoms with E-state index in [1.165, 1.54) is 31.2 Å². The van der Waals surface area contributed by atoms with E-state index in [0.717, 1.165) is 51.6 Å². The fourth-order valence-corrected chi connectivity index (χ4v) is 4.01. The van der Waals surface area contributed by atoms with Gasteiger partial charge < -0.3 is 20.3 Å². The third-order valence-corrected chi connectivity index (χ3v) is 5.98. The lowest BCUT2D eigenvalue weighted by molar-refractivity contribution is 0.155. The van der Waals surface area contributed by atoms with E-state index in [1.54, 1.807) is 7.11 Å². The molecule has 2 N–H and O–H groups in total. The summed E-state index contributed by atoms with van der Waals surface area (Å²) in [7, 11) is 3.66. The molecule has 2 fully saturated rings. The van der Waals surface area contributed by atoms with Crippen LogP contribution in [0.25, 0.3) is 0 Å². The molecule has 1 aromatic rings. The highest BCUT2D eigenvalue weighted by molar-refractivity contribution is 14.0. The fraction of sp³-hybridized carbons (Fsp3) is 0.682. The van der Waals surface area contributed by atoms with Gasteiger partial charge in [0.25, 0.3) is 0 Å². The van der Waals surface area contributed by atoms with Gasteiger partial charge in [-0.15, -0.1) is 24.0 Å². The van der Waals surface area contributed by atoms with E-state index in [0.29, 0.717) is 11.5 Å². The molecule has 0 unspecified atom stereocenters. The number of halogens is 1. The zero-order valence-corrected chi connectivity index (χ0v) is 19.8. The van der Waals surface area contributed by atoms with E-state index in [4.69, 9.17) is 4.74 Å². The van der Waals surface area contributed by atoms with E-state index in [-0.39, 0.29) is 24.0 Å². The number of nitrogens with zero attached hydrogens (tertiary/aromatic N) is 2. The number of ether oxygens (including phenoxy) is 1. The van der Waals surface area contributed by atoms with E-state index >= 15 is 0 Å². The molecule has 1 aliphatic carbocycles. The van der Waals surface area contributed by atoms with Gasteiger partial charge in [0.2, 0.25) is 0 Å². The molecule has 1 saturated heterocycles. The number of nitrogens with one attached hydrogen (secondary N) is 2. The molecule has 158 valence electrons. The molecular formula is C22H37IN4O. The molecular weight excluding hydrogens is 463 g/mol. The molecule has 2 aliphatic rings. The van der Waals surface area contributed by atoms with Crippen molar-refractivity contribution in [3.63, 3.8) is 0 Å². The summed E-state index contributed by atoms with van der Waals surface area (Å²) < 4.78 is 5.16. The van der Waals surface area contributed by atoms with Crippen molar-refractivity contribution in [2.75, 3.05) is 46.9 Å². The Bertz CT molecular complexity index is 583. The normalized spacial score (nSPS) is 19.7. The Hall–Kier alpha value is -0.860. The second-order valence-electron chi connectivity index (χ2n) is 8.19. The van der Waals surface area contributed by atoms with Gasteiger partial charge in [-0.3, -0.25) is 4.99 Å². The van der Waals surface area contributed by atoms with Crippen molar-refractivity contribution < 1.29 is 4.74 Å². The molecule has 1 aromatic carbocycles. The third-order valence-electron chi connectivity index (χ3n) is 5.98. The summed E-state index contributed by atoms with van der Waals surface area (Å²) in [5, 5.41) is 7.25. The first-order chi connectivity index (χ1) is 13.2. The lowest BCUT2D eigenvalue weighted by Crippen LogP contribution is -2.49. The first-order valence-electron chi connectivity index (χ1n) is 10.5. The molecule has 1 saturated carbocycles. The van der Waals surface area contributed by atoms with Gasteiger partial charge in [0.05, 0.1) is 0 Å². The SMILES string of the molecule is CN=C(NCC1(Cc2ccccc2)CC1)NC1CCN(CCCOC)CC1.I. The summed E-state index contributed by atoms with van der Waals surface area (Å²) in [4.78, 5) is 7.01. The zero-order chi connectivity index (χ0) is 19.0. The van der Waals surface area contributed by atoms with Crippen molar-refractivity contribution in [2.24, 2.45) is 10.4 Å². The topological polar surface area (TPSA) is 48.9 Å². The number of piperidine rings is 1. The molecule has 3 rings (SSSR count). The minimum Gasteiger partial charge on any atom is -0.385 e. The van der Waals surface area contributed by atoms with Crippen LogP contribution in [0.2, 0.25) is 0 Å². The lowest BCUT2D eigenvalue weighted by Gasteiger charge is -2.33. The molecule has 0 bridgehead atoms. The Morgan fingerprint density at radius 3 is 2.54 bits per heavy atom. The van der Waals surface area contributed by atoms with Gasteiger partial charge in [-0.1, -0.05) is 30.3 Å². The van der Waals surface area contributed by atoms with Crippen molar-refractivity contribution in [3.05, 3.63) is 35.9 Å². The van der Waals surface area contributed by atoms with Gasteiger partial charge in [-0.2, -0.15) is 0 Å². The highest BCUT2D eigenvalue weighted by Crippen LogP contribution is 2.47. The van der Waals surface area contributed by atoms with E-state index in [1.807, 2.05) is 7.05 Å². The predicted molar refractivity (Wildman–Crippen MR) is 128 cm³/mol. The fourth-order valence-electron chi connectivity index (χ4n) is 4.01. The number of likely N-dealkylation sites (tertiary alicyclic amines) is 1. The van der Waals surface area contributed by atoms with Crippen LogP contribution in [0.5, 0.6) is 0 Å². The van der Waals surface area contributed by atoms with Crippen LogP contribution in [-0.4, -0.2) is 63.8 Å². The Kier molecular flexibility index (Phi) is 10.0. The van der Waals surface area contributed by atoms with Gasteiger partial charge in [0.1, 0.15) is 0 Å². The van der Waals surface area contributed by atoms with Crippen molar-refractivity contribution in [1.82, 2.24) is 15.5 Å². The number of methoxy groups -OCH3 is 1. The summed E-state index contributed by atoms with van der Waals surface area (Å²) in [6, 6.07) is 11.4. The highest BCUT2D eigenvalue weighted by atomic mass is 127. The molecule has 5 nitrogen and oxygen atoms in total. The lowest BCUT2D eigenvalue weighted by atomic mass is 9.96. The molecule has 28 heavy (non-hydrogen) atoms. The second-order valence-corrected chi connectivity index (χ2v) is 8.19. The summed E-state index contributed by atoms with van der Waals surface area (Å²) >= 11 is 0. The third kappa shape index (κ3) is 7.52. The molecule has 0 amide bonds. The first-order valence-corrected chi connectivity index (χ1v) is 10.5. The van der Waals surface area contributed by atoms with Crippen LogP contribution < -0.4 is 10.6 Å². The van der Waals surface area contributed by atoms with Gasteiger partial charge >= 0.3 is 0 Å². The number of hydrogen-bond donors (Lipinski definition) is 2. The number of benzene rings is 1. The average molecular weight is 500 g/mol. The molecule has 0 radical (unpaired) electrons. The molecule has 0 spiro atoms. The first kappa shape index (κ1) is 23.4. The monoisotopic (exact) mass is 500 g/mol. The van der Waals surface area contributed by atoms with Gasteiger partial charge in [-0.25, -0.2) is 0 Å². The van der Waals surface area contributed by atoms with E-state index < -0.39 is 0 Å². The van der Waals surface area contributed by atoms with Crippen LogP contribution in [0.4, 0.5) is 0 Å². The minimum atomic E-state index is 0. The van der Waals surface area contributed by atoms with Crippen molar-refractivity contribution >= 4 is 29.9 Å². The minimum absolute atomic E-state index is 0. The van der Waals surface area contributed by atoms with E-state index in [2.05, 4.69) is 50.9 Å². The van der Waals surface area contributed by atoms with Crippen LogP contribution in [0.15, 0.2) is 35.3 Å². The maximum atomic E-state index is 5.16. The molecule has 0 atom stereocenters. The maximum Gasteiger partial charge on any atom is 0.191 e.